The Labute approximate surface area is 195 Å². The Bertz CT molecular complexity index is 815. The number of fused-ring (bicyclic) bond motifs is 5. The summed E-state index contributed by atoms with van der Waals surface area (Å²) in [6.07, 6.45) is 6.72. The minimum absolute atomic E-state index is 0.0727. The fourth-order valence-corrected chi connectivity index (χ4v) is 8.51. The predicted octanol–water partition coefficient (Wildman–Crippen LogP) is 5.78. The van der Waals surface area contributed by atoms with Crippen LogP contribution in [0.25, 0.3) is 0 Å². The Morgan fingerprint density at radius 3 is 2.44 bits per heavy atom. The molecule has 6 atom stereocenters. The summed E-state index contributed by atoms with van der Waals surface area (Å²) in [5.41, 5.74) is 0.790. The molecule has 0 N–H and O–H groups in total. The van der Waals surface area contributed by atoms with Crippen molar-refractivity contribution in [3.8, 4) is 0 Å². The number of hydrogen-bond donors (Lipinski definition) is 0. The van der Waals surface area contributed by atoms with E-state index in [4.69, 9.17) is 9.26 Å². The number of Topliss-reactive ketones (excluding diaryl/α,β-unsaturated/α-hetero) is 2. The molecule has 0 radical (unpaired) electrons. The minimum Gasteiger partial charge on any atom is -0.416 e. The van der Waals surface area contributed by atoms with Gasteiger partial charge in [-0.05, 0) is 68.0 Å². The maximum Gasteiger partial charge on any atom is 0.192 e. The third-order valence-electron chi connectivity index (χ3n) is 10.4. The van der Waals surface area contributed by atoms with E-state index in [0.717, 1.165) is 44.2 Å². The van der Waals surface area contributed by atoms with Crippen molar-refractivity contribution in [3.63, 3.8) is 0 Å². The van der Waals surface area contributed by atoms with Crippen molar-refractivity contribution in [2.24, 2.45) is 39.7 Å². The largest absolute Gasteiger partial charge is 0.416 e. The van der Waals surface area contributed by atoms with E-state index in [9.17, 15) is 9.59 Å². The number of ketones is 2. The van der Waals surface area contributed by atoms with Crippen LogP contribution in [0.5, 0.6) is 0 Å². The lowest BCUT2D eigenvalue weighted by Gasteiger charge is -2.60. The first-order valence-corrected chi connectivity index (χ1v) is 15.6. The summed E-state index contributed by atoms with van der Waals surface area (Å²) in [6.45, 7) is 14.4. The fraction of sp³-hybridized carbons (Fsp3) is 0.885. The summed E-state index contributed by atoms with van der Waals surface area (Å²) in [5, 5.41) is 4.67. The molecule has 4 aliphatic rings. The summed E-state index contributed by atoms with van der Waals surface area (Å²) in [7, 11) is -0.334. The van der Waals surface area contributed by atoms with Crippen molar-refractivity contribution in [1.82, 2.24) is 0 Å². The van der Waals surface area contributed by atoms with Gasteiger partial charge in [-0.25, -0.2) is 0 Å². The van der Waals surface area contributed by atoms with Gasteiger partial charge in [0.05, 0.1) is 5.71 Å². The van der Waals surface area contributed by atoms with Crippen LogP contribution in [0.4, 0.5) is 0 Å². The van der Waals surface area contributed by atoms with Gasteiger partial charge in [-0.1, -0.05) is 32.9 Å². The molecule has 5 nitrogen and oxygen atoms in total. The lowest BCUT2D eigenvalue weighted by molar-refractivity contribution is -0.141. The molecule has 0 aromatic rings. The van der Waals surface area contributed by atoms with Crippen LogP contribution < -0.4 is 0 Å². The van der Waals surface area contributed by atoms with E-state index in [1.165, 1.54) is 0 Å². The second-order valence-electron chi connectivity index (χ2n) is 12.8. The molecular formula is C26H43NO4Si. The third-order valence-corrected chi connectivity index (χ3v) is 14.9. The first-order valence-electron chi connectivity index (χ1n) is 12.6. The molecule has 6 heteroatoms. The fourth-order valence-electron chi connectivity index (χ4n) is 7.44. The lowest BCUT2D eigenvalue weighted by Crippen LogP contribution is -2.60. The summed E-state index contributed by atoms with van der Waals surface area (Å²) in [6, 6.07) is 0. The van der Waals surface area contributed by atoms with E-state index in [1.54, 1.807) is 7.11 Å². The Kier molecular flexibility index (Phi) is 6.06. The third kappa shape index (κ3) is 3.64. The second kappa shape index (κ2) is 8.04. The highest BCUT2D eigenvalue weighted by molar-refractivity contribution is 6.74. The summed E-state index contributed by atoms with van der Waals surface area (Å²) >= 11 is 0. The van der Waals surface area contributed by atoms with Gasteiger partial charge in [-0.2, -0.15) is 0 Å². The van der Waals surface area contributed by atoms with E-state index in [2.05, 4.69) is 45.9 Å². The molecule has 0 spiro atoms. The molecule has 4 aliphatic carbocycles. The number of carbonyl (C=O) groups excluding carboxylic acids is 2. The number of nitrogens with zero attached hydrogens (tertiary/aromatic N) is 1. The molecule has 4 rings (SSSR count). The minimum atomic E-state index is -1.95. The van der Waals surface area contributed by atoms with E-state index in [1.807, 2.05) is 0 Å². The predicted molar refractivity (Wildman–Crippen MR) is 129 cm³/mol. The van der Waals surface area contributed by atoms with Crippen molar-refractivity contribution in [3.05, 3.63) is 0 Å². The highest BCUT2D eigenvalue weighted by Gasteiger charge is 2.63. The van der Waals surface area contributed by atoms with Crippen LogP contribution in [0.3, 0.4) is 0 Å². The molecule has 180 valence electrons. The topological polar surface area (TPSA) is 65.0 Å². The van der Waals surface area contributed by atoms with Crippen molar-refractivity contribution >= 4 is 25.6 Å². The smallest absolute Gasteiger partial charge is 0.192 e. The highest BCUT2D eigenvalue weighted by atomic mass is 28.4. The van der Waals surface area contributed by atoms with Gasteiger partial charge in [0.25, 0.3) is 0 Å². The Morgan fingerprint density at radius 2 is 1.78 bits per heavy atom. The average Bonchev–Trinajstić information content (AvgIpc) is 3.01. The van der Waals surface area contributed by atoms with Crippen molar-refractivity contribution in [1.29, 1.82) is 0 Å². The Morgan fingerprint density at radius 1 is 1.06 bits per heavy atom. The van der Waals surface area contributed by atoms with Crippen molar-refractivity contribution < 1.29 is 18.9 Å². The normalized spacial score (nSPS) is 41.3. The van der Waals surface area contributed by atoms with Gasteiger partial charge in [-0.3, -0.25) is 9.59 Å². The molecule has 32 heavy (non-hydrogen) atoms. The highest BCUT2D eigenvalue weighted by Crippen LogP contribution is 2.65. The summed E-state index contributed by atoms with van der Waals surface area (Å²) in [4.78, 5) is 30.8. The monoisotopic (exact) mass is 461 g/mol. The lowest BCUT2D eigenvalue weighted by atomic mass is 9.44. The van der Waals surface area contributed by atoms with Gasteiger partial charge in [-0.15, -0.1) is 0 Å². The SMILES string of the molecule is CO/N=C1\CC2C(CC[C@]3(C)C(=O)CCC23)[C@@]2(CO[Si](C)(C)C(C)(C)C)CCC(=O)C[C@H]12. The van der Waals surface area contributed by atoms with Gasteiger partial charge < -0.3 is 9.26 Å². The molecular weight excluding hydrogens is 418 g/mol. The first-order chi connectivity index (χ1) is 14.9. The summed E-state index contributed by atoms with van der Waals surface area (Å²) in [5.74, 6) is 2.25. The second-order valence-corrected chi connectivity index (χ2v) is 17.7. The van der Waals surface area contributed by atoms with Gasteiger partial charge >= 0.3 is 0 Å². The zero-order chi connectivity index (χ0) is 23.5. The number of carbonyl (C=O) groups is 2. The molecule has 0 aromatic carbocycles. The van der Waals surface area contributed by atoms with E-state index in [-0.39, 0.29) is 21.8 Å². The first kappa shape index (κ1) is 24.1. The Hall–Kier alpha value is -1.01. The molecule has 0 aromatic heterocycles. The number of oxime groups is 1. The van der Waals surface area contributed by atoms with Gasteiger partial charge in [0.2, 0.25) is 0 Å². The van der Waals surface area contributed by atoms with Crippen LogP contribution in [0.1, 0.15) is 79.1 Å². The number of hydrogen-bond acceptors (Lipinski definition) is 5. The molecule has 0 aliphatic heterocycles. The summed E-state index contributed by atoms with van der Waals surface area (Å²) < 4.78 is 6.93. The van der Waals surface area contributed by atoms with Crippen LogP contribution in [0, 0.1) is 34.5 Å². The molecule has 0 saturated heterocycles. The Balaban J connectivity index is 1.75. The maximum absolute atomic E-state index is 12.9. The van der Waals surface area contributed by atoms with Crippen LogP contribution in [0.2, 0.25) is 18.1 Å². The molecule has 0 amide bonds. The zero-order valence-electron chi connectivity index (χ0n) is 21.3. The van der Waals surface area contributed by atoms with Gasteiger partial charge in [0, 0.05) is 42.6 Å². The van der Waals surface area contributed by atoms with Gasteiger partial charge in [0.15, 0.2) is 8.32 Å². The quantitative estimate of drug-likeness (QED) is 0.393. The van der Waals surface area contributed by atoms with E-state index >= 15 is 0 Å². The molecule has 3 unspecified atom stereocenters. The van der Waals surface area contributed by atoms with E-state index in [0.29, 0.717) is 48.8 Å². The standard InChI is InChI=1S/C26H43NO4Si/c1-24(2,3)32(6,7)31-16-26-13-10-17(28)14-21(26)22(27-30-5)15-18-19-8-9-23(29)25(19,4)12-11-20(18)26/h18-21H,8-16H2,1-7H3/b27-22+/t18?,19?,20?,21-,25+,26+/m1/s1. The van der Waals surface area contributed by atoms with Crippen LogP contribution >= 0.6 is 0 Å². The van der Waals surface area contributed by atoms with Crippen LogP contribution in [-0.4, -0.2) is 39.3 Å². The van der Waals surface area contributed by atoms with Crippen LogP contribution in [-0.2, 0) is 18.9 Å². The number of rotatable bonds is 4. The molecule has 0 heterocycles. The zero-order valence-corrected chi connectivity index (χ0v) is 22.3. The average molecular weight is 462 g/mol. The van der Waals surface area contributed by atoms with Crippen molar-refractivity contribution in [2.75, 3.05) is 13.7 Å². The van der Waals surface area contributed by atoms with Crippen LogP contribution in [0.15, 0.2) is 5.16 Å². The van der Waals surface area contributed by atoms with Crippen molar-refractivity contribution in [2.45, 2.75) is 97.2 Å². The molecule has 0 bridgehead atoms. The molecule has 4 saturated carbocycles. The maximum atomic E-state index is 12.9. The van der Waals surface area contributed by atoms with Gasteiger partial charge in [0.1, 0.15) is 18.7 Å². The van der Waals surface area contributed by atoms with E-state index < -0.39 is 8.32 Å². The molecule has 4 fully saturated rings.